The van der Waals surface area contributed by atoms with E-state index in [1.54, 1.807) is 0 Å². The second-order valence-corrected chi connectivity index (χ2v) is 4.65. The summed E-state index contributed by atoms with van der Waals surface area (Å²) in [7, 11) is 0. The van der Waals surface area contributed by atoms with Gasteiger partial charge in [-0.25, -0.2) is 0 Å². The number of rotatable bonds is 5. The summed E-state index contributed by atoms with van der Waals surface area (Å²) in [5, 5.41) is 3.53. The first-order chi connectivity index (χ1) is 7.22. The van der Waals surface area contributed by atoms with Gasteiger partial charge < -0.3 is 10.1 Å². The van der Waals surface area contributed by atoms with Gasteiger partial charge in [-0.15, -0.1) is 0 Å². The van der Waals surface area contributed by atoms with E-state index >= 15 is 0 Å². The average molecular weight is 214 g/mol. The lowest BCUT2D eigenvalue weighted by Crippen LogP contribution is -2.41. The monoisotopic (exact) mass is 214 g/mol. The van der Waals surface area contributed by atoms with Crippen LogP contribution >= 0.6 is 0 Å². The molecule has 0 amide bonds. The molecule has 0 aromatic rings. The Morgan fingerprint density at radius 3 is 3.07 bits per heavy atom. The zero-order valence-electron chi connectivity index (χ0n) is 10.5. The Morgan fingerprint density at radius 2 is 2.33 bits per heavy atom. The van der Waals surface area contributed by atoms with Crippen LogP contribution in [-0.2, 0) is 4.74 Å². The van der Waals surface area contributed by atoms with Crippen LogP contribution in [0.25, 0.3) is 0 Å². The zero-order valence-corrected chi connectivity index (χ0v) is 10.5. The molecule has 1 N–H and O–H groups in total. The highest BCUT2D eigenvalue weighted by atomic mass is 16.5. The van der Waals surface area contributed by atoms with Crippen molar-refractivity contribution in [3.63, 3.8) is 0 Å². The molecule has 1 rings (SSSR count). The Morgan fingerprint density at radius 1 is 1.53 bits per heavy atom. The third-order valence-electron chi connectivity index (χ3n) is 2.81. The van der Waals surface area contributed by atoms with Gasteiger partial charge in [-0.05, 0) is 33.2 Å². The number of hydrogen-bond donors (Lipinski definition) is 1. The van der Waals surface area contributed by atoms with Gasteiger partial charge in [0.15, 0.2) is 0 Å². The van der Waals surface area contributed by atoms with Crippen LogP contribution in [0.3, 0.4) is 0 Å². The fraction of sp³-hybridized carbons (Fsp3) is 1.00. The van der Waals surface area contributed by atoms with Gasteiger partial charge in [0.25, 0.3) is 0 Å². The maximum atomic E-state index is 5.63. The highest BCUT2D eigenvalue weighted by molar-refractivity contribution is 4.72. The van der Waals surface area contributed by atoms with Gasteiger partial charge in [-0.2, -0.15) is 0 Å². The lowest BCUT2D eigenvalue weighted by atomic mass is 10.2. The van der Waals surface area contributed by atoms with Crippen LogP contribution in [0.15, 0.2) is 0 Å². The fourth-order valence-corrected chi connectivity index (χ4v) is 2.09. The molecule has 2 atom stereocenters. The third kappa shape index (κ3) is 5.50. The lowest BCUT2D eigenvalue weighted by Gasteiger charge is -2.25. The second kappa shape index (κ2) is 7.20. The summed E-state index contributed by atoms with van der Waals surface area (Å²) in [5.74, 6) is 0. The Bertz CT molecular complexity index is 164. The Kier molecular flexibility index (Phi) is 6.22. The van der Waals surface area contributed by atoms with Crippen molar-refractivity contribution in [2.24, 2.45) is 0 Å². The van der Waals surface area contributed by atoms with E-state index in [1.807, 2.05) is 0 Å². The predicted molar refractivity (Wildman–Crippen MR) is 64.2 cm³/mol. The van der Waals surface area contributed by atoms with Gasteiger partial charge >= 0.3 is 0 Å². The Hall–Kier alpha value is -0.120. The summed E-state index contributed by atoms with van der Waals surface area (Å²) in [6.45, 7) is 12.1. The van der Waals surface area contributed by atoms with Gasteiger partial charge in [0.05, 0.1) is 6.10 Å². The first kappa shape index (κ1) is 12.9. The van der Waals surface area contributed by atoms with Crippen LogP contribution in [0.1, 0.15) is 33.6 Å². The van der Waals surface area contributed by atoms with Crippen molar-refractivity contribution in [2.45, 2.75) is 45.8 Å². The number of nitrogens with zero attached hydrogens (tertiary/aromatic N) is 1. The van der Waals surface area contributed by atoms with Crippen molar-refractivity contribution in [2.75, 3.05) is 32.8 Å². The molecule has 0 aliphatic carbocycles. The minimum atomic E-state index is 0.394. The van der Waals surface area contributed by atoms with Crippen LogP contribution < -0.4 is 5.32 Å². The maximum absolute atomic E-state index is 5.63. The van der Waals surface area contributed by atoms with E-state index in [-0.39, 0.29) is 0 Å². The van der Waals surface area contributed by atoms with Crippen molar-refractivity contribution in [1.82, 2.24) is 10.2 Å². The maximum Gasteiger partial charge on any atom is 0.0673 e. The molecule has 0 bridgehead atoms. The van der Waals surface area contributed by atoms with E-state index in [0.29, 0.717) is 12.1 Å². The average Bonchev–Trinajstić information content (AvgIpc) is 2.39. The molecule has 0 spiro atoms. The number of hydrogen-bond acceptors (Lipinski definition) is 3. The number of nitrogens with one attached hydrogen (secondary N) is 1. The normalized spacial score (nSPS) is 26.2. The second-order valence-electron chi connectivity index (χ2n) is 4.65. The van der Waals surface area contributed by atoms with Gasteiger partial charge in [0.1, 0.15) is 0 Å². The Balaban J connectivity index is 2.22. The zero-order chi connectivity index (χ0) is 11.1. The van der Waals surface area contributed by atoms with Crippen molar-refractivity contribution < 1.29 is 4.74 Å². The molecule has 0 radical (unpaired) electrons. The summed E-state index contributed by atoms with van der Waals surface area (Å²) in [5.41, 5.74) is 0. The molecular weight excluding hydrogens is 188 g/mol. The third-order valence-corrected chi connectivity index (χ3v) is 2.81. The van der Waals surface area contributed by atoms with E-state index < -0.39 is 0 Å². The topological polar surface area (TPSA) is 24.5 Å². The predicted octanol–water partition coefficient (Wildman–Crippen LogP) is 1.49. The molecule has 15 heavy (non-hydrogen) atoms. The molecule has 1 aliphatic rings. The molecule has 0 aromatic carbocycles. The molecule has 3 nitrogen and oxygen atoms in total. The number of ether oxygens (including phenoxy) is 1. The van der Waals surface area contributed by atoms with Crippen molar-refractivity contribution >= 4 is 0 Å². The summed E-state index contributed by atoms with van der Waals surface area (Å²) in [4.78, 5) is 2.52. The van der Waals surface area contributed by atoms with E-state index in [9.17, 15) is 0 Å². The molecule has 1 aliphatic heterocycles. The minimum absolute atomic E-state index is 0.394. The highest BCUT2D eigenvalue weighted by Crippen LogP contribution is 2.05. The van der Waals surface area contributed by atoms with Crippen molar-refractivity contribution in [3.8, 4) is 0 Å². The molecular formula is C12H26N2O. The molecule has 1 fully saturated rings. The van der Waals surface area contributed by atoms with E-state index in [1.165, 1.54) is 19.4 Å². The van der Waals surface area contributed by atoms with Gasteiger partial charge in [-0.1, -0.05) is 6.92 Å². The van der Waals surface area contributed by atoms with Crippen molar-refractivity contribution in [1.29, 1.82) is 0 Å². The molecule has 0 aromatic heterocycles. The lowest BCUT2D eigenvalue weighted by molar-refractivity contribution is 0.0667. The van der Waals surface area contributed by atoms with Crippen LogP contribution in [0, 0.1) is 0 Å². The highest BCUT2D eigenvalue weighted by Gasteiger charge is 2.16. The van der Waals surface area contributed by atoms with Crippen LogP contribution in [0.2, 0.25) is 0 Å². The minimum Gasteiger partial charge on any atom is -0.377 e. The molecule has 1 heterocycles. The fourth-order valence-electron chi connectivity index (χ4n) is 2.09. The standard InChI is InChI=1S/C12H26N2O/c1-4-6-13-11(2)9-14-7-5-8-15-12(3)10-14/h11-13H,4-10H2,1-3H3. The molecule has 1 saturated heterocycles. The van der Waals surface area contributed by atoms with Crippen LogP contribution in [-0.4, -0.2) is 49.8 Å². The van der Waals surface area contributed by atoms with Gasteiger partial charge in [0, 0.05) is 32.3 Å². The summed E-state index contributed by atoms with van der Waals surface area (Å²) >= 11 is 0. The van der Waals surface area contributed by atoms with Gasteiger partial charge in [0.2, 0.25) is 0 Å². The van der Waals surface area contributed by atoms with Crippen LogP contribution in [0.5, 0.6) is 0 Å². The SMILES string of the molecule is CCCNC(C)CN1CCCOC(C)C1. The van der Waals surface area contributed by atoms with E-state index in [0.717, 1.165) is 26.2 Å². The van der Waals surface area contributed by atoms with Crippen LogP contribution in [0.4, 0.5) is 0 Å². The van der Waals surface area contributed by atoms with E-state index in [2.05, 4.69) is 31.0 Å². The van der Waals surface area contributed by atoms with E-state index in [4.69, 9.17) is 4.74 Å². The van der Waals surface area contributed by atoms with Crippen molar-refractivity contribution in [3.05, 3.63) is 0 Å². The largest absolute Gasteiger partial charge is 0.377 e. The molecule has 0 saturated carbocycles. The summed E-state index contributed by atoms with van der Waals surface area (Å²) in [6, 6.07) is 0.593. The molecule has 2 unspecified atom stereocenters. The quantitative estimate of drug-likeness (QED) is 0.750. The Labute approximate surface area is 94.2 Å². The smallest absolute Gasteiger partial charge is 0.0673 e. The molecule has 90 valence electrons. The summed E-state index contributed by atoms with van der Waals surface area (Å²) < 4.78 is 5.63. The first-order valence-corrected chi connectivity index (χ1v) is 6.29. The first-order valence-electron chi connectivity index (χ1n) is 6.29. The van der Waals surface area contributed by atoms with Gasteiger partial charge in [-0.3, -0.25) is 4.90 Å². The summed E-state index contributed by atoms with van der Waals surface area (Å²) in [6.07, 6.45) is 2.78. The molecule has 3 heteroatoms.